The molecule has 1 aromatic carbocycles. The van der Waals surface area contributed by atoms with E-state index in [0.717, 1.165) is 11.1 Å². The van der Waals surface area contributed by atoms with Crippen molar-refractivity contribution in [2.24, 2.45) is 0 Å². The van der Waals surface area contributed by atoms with Crippen LogP contribution in [0.2, 0.25) is 0 Å². The summed E-state index contributed by atoms with van der Waals surface area (Å²) >= 11 is 0. The number of hydrogen-bond donors (Lipinski definition) is 1. The molecule has 0 radical (unpaired) electrons. The van der Waals surface area contributed by atoms with Gasteiger partial charge in [-0.05, 0) is 23.3 Å². The first kappa shape index (κ1) is 15.1. The van der Waals surface area contributed by atoms with Crippen LogP contribution in [-0.4, -0.2) is 21.2 Å². The average Bonchev–Trinajstić information content (AvgIpc) is 3.00. The van der Waals surface area contributed by atoms with E-state index in [1.807, 2.05) is 42.5 Å². The van der Waals surface area contributed by atoms with Crippen molar-refractivity contribution in [1.29, 1.82) is 0 Å². The smallest absolute Gasteiger partial charge is 0.257 e. The van der Waals surface area contributed by atoms with Gasteiger partial charge in [0, 0.05) is 18.6 Å². The van der Waals surface area contributed by atoms with Crippen LogP contribution in [0.25, 0.3) is 0 Å². The van der Waals surface area contributed by atoms with Crippen molar-refractivity contribution in [2.45, 2.75) is 19.0 Å². The zero-order valence-electron chi connectivity index (χ0n) is 12.3. The third-order valence-corrected chi connectivity index (χ3v) is 3.44. The third kappa shape index (κ3) is 3.91. The van der Waals surface area contributed by atoms with Crippen molar-refractivity contribution in [1.82, 2.24) is 14.8 Å². The Kier molecular flexibility index (Phi) is 4.61. The van der Waals surface area contributed by atoms with Crippen molar-refractivity contribution >= 4 is 5.69 Å². The van der Waals surface area contributed by atoms with E-state index in [9.17, 15) is 8.78 Å². The Morgan fingerprint density at radius 1 is 1.00 bits per heavy atom. The van der Waals surface area contributed by atoms with Gasteiger partial charge < -0.3 is 5.32 Å². The van der Waals surface area contributed by atoms with Crippen LogP contribution in [0.3, 0.4) is 0 Å². The van der Waals surface area contributed by atoms with Gasteiger partial charge in [0.2, 0.25) is 0 Å². The number of nitrogens with one attached hydrogen (secondary N) is 1. The van der Waals surface area contributed by atoms with Crippen LogP contribution in [0.4, 0.5) is 14.5 Å². The molecule has 0 spiro atoms. The van der Waals surface area contributed by atoms with Crippen LogP contribution in [0.5, 0.6) is 0 Å². The number of hydrogen-bond acceptors (Lipinski definition) is 3. The van der Waals surface area contributed by atoms with Gasteiger partial charge in [0.15, 0.2) is 0 Å². The van der Waals surface area contributed by atoms with Crippen molar-refractivity contribution in [3.05, 3.63) is 78.4 Å². The minimum Gasteiger partial charge on any atom is -0.372 e. The van der Waals surface area contributed by atoms with E-state index in [1.165, 1.54) is 4.68 Å². The minimum atomic E-state index is -2.42. The maximum absolute atomic E-state index is 12.4. The number of alkyl halides is 2. The second-order valence-electron chi connectivity index (χ2n) is 5.11. The second-order valence-corrected chi connectivity index (χ2v) is 5.11. The van der Waals surface area contributed by atoms with Crippen molar-refractivity contribution in [2.75, 3.05) is 5.32 Å². The summed E-state index contributed by atoms with van der Waals surface area (Å²) in [4.78, 5) is 4.04. The number of pyridine rings is 1. The van der Waals surface area contributed by atoms with Crippen molar-refractivity contribution in [3.63, 3.8) is 0 Å². The Balaban J connectivity index is 1.86. The first-order valence-electron chi connectivity index (χ1n) is 7.24. The molecule has 3 aromatic rings. The van der Waals surface area contributed by atoms with Crippen LogP contribution >= 0.6 is 0 Å². The predicted molar refractivity (Wildman–Crippen MR) is 84.4 cm³/mol. The highest BCUT2D eigenvalue weighted by molar-refractivity contribution is 5.46. The van der Waals surface area contributed by atoms with Gasteiger partial charge >= 0.3 is 0 Å². The Morgan fingerprint density at radius 2 is 1.70 bits per heavy atom. The topological polar surface area (TPSA) is 42.7 Å². The van der Waals surface area contributed by atoms with E-state index in [2.05, 4.69) is 15.4 Å². The maximum atomic E-state index is 12.4. The van der Waals surface area contributed by atoms with E-state index < -0.39 is 13.0 Å². The first-order chi connectivity index (χ1) is 11.2. The monoisotopic (exact) mass is 314 g/mol. The second kappa shape index (κ2) is 7.00. The number of nitrogens with zero attached hydrogens (tertiary/aromatic N) is 3. The maximum Gasteiger partial charge on any atom is 0.257 e. The molecule has 0 amide bonds. The molecule has 2 heterocycles. The summed E-state index contributed by atoms with van der Waals surface area (Å²) in [6.45, 7) is -0.410. The fraction of sp³-hybridized carbons (Fsp3) is 0.176. The number of aromatic nitrogens is 3. The van der Waals surface area contributed by atoms with Crippen molar-refractivity contribution < 1.29 is 8.78 Å². The summed E-state index contributed by atoms with van der Waals surface area (Å²) in [7, 11) is 0. The Bertz CT molecular complexity index is 689. The molecule has 0 aliphatic rings. The number of rotatable bonds is 6. The van der Waals surface area contributed by atoms with Crippen LogP contribution in [0.1, 0.15) is 17.2 Å². The normalized spacial score (nSPS) is 12.3. The van der Waals surface area contributed by atoms with Gasteiger partial charge in [-0.1, -0.05) is 30.3 Å². The fourth-order valence-electron chi connectivity index (χ4n) is 2.41. The summed E-state index contributed by atoms with van der Waals surface area (Å²) in [5.41, 5.74) is 2.80. The lowest BCUT2D eigenvalue weighted by molar-refractivity contribution is 0.122. The predicted octanol–water partition coefficient (Wildman–Crippen LogP) is 3.74. The van der Waals surface area contributed by atoms with E-state index >= 15 is 0 Å². The van der Waals surface area contributed by atoms with E-state index in [1.54, 1.807) is 24.8 Å². The van der Waals surface area contributed by atoms with Gasteiger partial charge in [-0.15, -0.1) is 0 Å². The Hall–Kier alpha value is -2.76. The quantitative estimate of drug-likeness (QED) is 0.753. The lowest BCUT2D eigenvalue weighted by Crippen LogP contribution is -2.12. The van der Waals surface area contributed by atoms with Gasteiger partial charge in [-0.2, -0.15) is 5.10 Å². The molecule has 2 aromatic heterocycles. The molecule has 6 heteroatoms. The van der Waals surface area contributed by atoms with Crippen molar-refractivity contribution in [3.8, 4) is 0 Å². The Morgan fingerprint density at radius 3 is 2.39 bits per heavy atom. The van der Waals surface area contributed by atoms with E-state index in [4.69, 9.17) is 0 Å². The molecule has 23 heavy (non-hydrogen) atoms. The highest BCUT2D eigenvalue weighted by atomic mass is 19.3. The Labute approximate surface area is 132 Å². The summed E-state index contributed by atoms with van der Waals surface area (Å²) in [5.74, 6) is 0. The standard InChI is InChI=1S/C17H16F2N4/c18-16(19)12-23-11-15(10-21-23)22-17(13-4-2-1-3-5-13)14-6-8-20-9-7-14/h1-11,16-17,22H,12H2. The molecule has 0 saturated heterocycles. The third-order valence-electron chi connectivity index (χ3n) is 3.44. The fourth-order valence-corrected chi connectivity index (χ4v) is 2.41. The molecular weight excluding hydrogens is 298 g/mol. The number of anilines is 1. The number of halogens is 2. The molecule has 0 saturated carbocycles. The van der Waals surface area contributed by atoms with E-state index in [-0.39, 0.29) is 6.04 Å². The molecule has 4 nitrogen and oxygen atoms in total. The summed E-state index contributed by atoms with van der Waals surface area (Å²) < 4.78 is 26.1. The zero-order chi connectivity index (χ0) is 16.1. The highest BCUT2D eigenvalue weighted by Crippen LogP contribution is 2.26. The molecule has 0 aliphatic heterocycles. The first-order valence-corrected chi connectivity index (χ1v) is 7.24. The van der Waals surface area contributed by atoms with Gasteiger partial charge in [-0.25, -0.2) is 8.78 Å². The van der Waals surface area contributed by atoms with Crippen LogP contribution in [0.15, 0.2) is 67.3 Å². The minimum absolute atomic E-state index is 0.108. The van der Waals surface area contributed by atoms with Crippen LogP contribution in [0, 0.1) is 0 Å². The van der Waals surface area contributed by atoms with Gasteiger partial charge in [0.25, 0.3) is 6.43 Å². The molecule has 3 rings (SSSR count). The zero-order valence-corrected chi connectivity index (χ0v) is 12.3. The van der Waals surface area contributed by atoms with Gasteiger partial charge in [-0.3, -0.25) is 9.67 Å². The lowest BCUT2D eigenvalue weighted by atomic mass is 9.99. The molecule has 0 fully saturated rings. The van der Waals surface area contributed by atoms with Gasteiger partial charge in [0.05, 0.1) is 17.9 Å². The largest absolute Gasteiger partial charge is 0.372 e. The summed E-state index contributed by atoms with van der Waals surface area (Å²) in [6.07, 6.45) is 4.18. The molecule has 0 bridgehead atoms. The van der Waals surface area contributed by atoms with E-state index in [0.29, 0.717) is 5.69 Å². The SMILES string of the molecule is FC(F)Cn1cc(NC(c2ccccc2)c2ccncc2)cn1. The molecule has 1 N–H and O–H groups in total. The molecular formula is C17H16F2N4. The van der Waals surface area contributed by atoms with Gasteiger partial charge in [0.1, 0.15) is 6.54 Å². The van der Waals surface area contributed by atoms with Crippen LogP contribution < -0.4 is 5.32 Å². The molecule has 1 atom stereocenters. The van der Waals surface area contributed by atoms with Crippen LogP contribution in [-0.2, 0) is 6.54 Å². The summed E-state index contributed by atoms with van der Waals surface area (Å²) in [6, 6.07) is 13.7. The molecule has 0 aliphatic carbocycles. The molecule has 118 valence electrons. The highest BCUT2D eigenvalue weighted by Gasteiger charge is 2.15. The lowest BCUT2D eigenvalue weighted by Gasteiger charge is -2.19. The summed E-state index contributed by atoms with van der Waals surface area (Å²) in [5, 5.41) is 7.31. The molecule has 1 unspecified atom stereocenters. The number of benzene rings is 1. The average molecular weight is 314 g/mol.